The third kappa shape index (κ3) is 3.95. The molecule has 24 heavy (non-hydrogen) atoms. The van der Waals surface area contributed by atoms with Crippen LogP contribution < -0.4 is 14.8 Å². The van der Waals surface area contributed by atoms with Crippen molar-refractivity contribution in [3.8, 4) is 11.5 Å². The molecule has 0 fully saturated rings. The van der Waals surface area contributed by atoms with E-state index >= 15 is 0 Å². The largest absolute Gasteiger partial charge is 0.486 e. The van der Waals surface area contributed by atoms with E-state index in [0.717, 1.165) is 12.8 Å². The minimum Gasteiger partial charge on any atom is -0.486 e. The van der Waals surface area contributed by atoms with Gasteiger partial charge in [-0.3, -0.25) is 4.79 Å². The minimum atomic E-state index is -3.94. The number of fused-ring (bicyclic) bond motifs is 1. The summed E-state index contributed by atoms with van der Waals surface area (Å²) in [5, 5.41) is 1.48. The third-order valence-corrected chi connectivity index (χ3v) is 6.37. The highest BCUT2D eigenvalue weighted by Gasteiger charge is 2.33. The van der Waals surface area contributed by atoms with Crippen LogP contribution in [0.15, 0.2) is 17.0 Å². The maximum atomic E-state index is 12.8. The second kappa shape index (κ2) is 7.61. The van der Waals surface area contributed by atoms with E-state index in [0.29, 0.717) is 24.7 Å². The number of carbonyl (C=O) groups is 1. The standard InChI is InChI=1S/C16H22ClNO5S/c1-4-5-10(2)18-16(19)11(3)24(20,21)15-9-14-13(8-12(15)17)22-6-7-23-14/h8-11H,4-7H2,1-3H3,(H,18,19). The minimum absolute atomic E-state index is 0.0144. The highest BCUT2D eigenvalue weighted by molar-refractivity contribution is 7.92. The van der Waals surface area contributed by atoms with Crippen molar-refractivity contribution in [3.63, 3.8) is 0 Å². The fraction of sp³-hybridized carbons (Fsp3) is 0.562. The van der Waals surface area contributed by atoms with Crippen LogP contribution in [0.25, 0.3) is 0 Å². The zero-order valence-corrected chi connectivity index (χ0v) is 15.5. The Bertz CT molecular complexity index is 719. The number of nitrogens with one attached hydrogen (secondary N) is 1. The lowest BCUT2D eigenvalue weighted by Crippen LogP contribution is -2.42. The molecule has 1 N–H and O–H groups in total. The van der Waals surface area contributed by atoms with Crippen LogP contribution in [0.2, 0.25) is 5.02 Å². The molecule has 0 bridgehead atoms. The summed E-state index contributed by atoms with van der Waals surface area (Å²) in [5.41, 5.74) is 0. The first-order chi connectivity index (χ1) is 11.3. The van der Waals surface area contributed by atoms with E-state index in [1.165, 1.54) is 19.1 Å². The molecule has 1 aliphatic heterocycles. The zero-order chi connectivity index (χ0) is 17.9. The van der Waals surface area contributed by atoms with E-state index in [4.69, 9.17) is 21.1 Å². The van der Waals surface area contributed by atoms with Gasteiger partial charge in [-0.1, -0.05) is 24.9 Å². The molecule has 0 saturated carbocycles. The molecule has 134 valence electrons. The molecule has 1 aromatic carbocycles. The Morgan fingerprint density at radius 2 is 1.83 bits per heavy atom. The molecule has 1 aromatic rings. The van der Waals surface area contributed by atoms with Crippen LogP contribution in [0.4, 0.5) is 0 Å². The number of carbonyl (C=O) groups excluding carboxylic acids is 1. The Kier molecular flexibility index (Phi) is 5.98. The number of sulfone groups is 1. The smallest absolute Gasteiger partial charge is 0.238 e. The van der Waals surface area contributed by atoms with Crippen LogP contribution in [0, 0.1) is 0 Å². The third-order valence-electron chi connectivity index (χ3n) is 3.85. The average molecular weight is 376 g/mol. The van der Waals surface area contributed by atoms with Gasteiger partial charge in [0.2, 0.25) is 5.91 Å². The Labute approximate surface area is 147 Å². The van der Waals surface area contributed by atoms with Crippen molar-refractivity contribution in [1.29, 1.82) is 0 Å². The van der Waals surface area contributed by atoms with Gasteiger partial charge in [-0.05, 0) is 20.3 Å². The lowest BCUT2D eigenvalue weighted by atomic mass is 10.2. The Balaban J connectivity index is 2.27. The topological polar surface area (TPSA) is 81.7 Å². The molecule has 0 radical (unpaired) electrons. The zero-order valence-electron chi connectivity index (χ0n) is 14.0. The van der Waals surface area contributed by atoms with Gasteiger partial charge in [0.05, 0.1) is 9.92 Å². The molecule has 6 nitrogen and oxygen atoms in total. The number of ether oxygens (including phenoxy) is 2. The molecule has 1 heterocycles. The Morgan fingerprint density at radius 1 is 1.25 bits per heavy atom. The van der Waals surface area contributed by atoms with Gasteiger partial charge in [0.25, 0.3) is 0 Å². The van der Waals surface area contributed by atoms with Crippen molar-refractivity contribution in [3.05, 3.63) is 17.2 Å². The second-order valence-corrected chi connectivity index (χ2v) is 8.46. The normalized spacial score (nSPS) is 16.3. The summed E-state index contributed by atoms with van der Waals surface area (Å²) in [4.78, 5) is 12.1. The summed E-state index contributed by atoms with van der Waals surface area (Å²) in [6.07, 6.45) is 1.68. The van der Waals surface area contributed by atoms with E-state index in [9.17, 15) is 13.2 Å². The number of hydrogen-bond donors (Lipinski definition) is 1. The van der Waals surface area contributed by atoms with E-state index in [-0.39, 0.29) is 16.0 Å². The van der Waals surface area contributed by atoms with Crippen LogP contribution in [-0.4, -0.2) is 38.8 Å². The quantitative estimate of drug-likeness (QED) is 0.826. The first kappa shape index (κ1) is 18.9. The molecule has 8 heteroatoms. The van der Waals surface area contributed by atoms with Crippen molar-refractivity contribution in [2.24, 2.45) is 0 Å². The van der Waals surface area contributed by atoms with E-state index in [1.807, 2.05) is 13.8 Å². The average Bonchev–Trinajstić information content (AvgIpc) is 2.53. The van der Waals surface area contributed by atoms with Gasteiger partial charge in [-0.15, -0.1) is 0 Å². The number of amides is 1. The summed E-state index contributed by atoms with van der Waals surface area (Å²) >= 11 is 6.10. The number of benzene rings is 1. The summed E-state index contributed by atoms with van der Waals surface area (Å²) in [7, 11) is -3.94. The highest BCUT2D eigenvalue weighted by Crippen LogP contribution is 2.38. The van der Waals surface area contributed by atoms with Crippen molar-refractivity contribution < 1.29 is 22.7 Å². The molecule has 0 aromatic heterocycles. The van der Waals surface area contributed by atoms with Crippen LogP contribution >= 0.6 is 11.6 Å². The molecule has 0 aliphatic carbocycles. The molecule has 2 atom stereocenters. The molecule has 2 unspecified atom stereocenters. The first-order valence-corrected chi connectivity index (χ1v) is 9.83. The monoisotopic (exact) mass is 375 g/mol. The summed E-state index contributed by atoms with van der Waals surface area (Å²) in [6, 6.07) is 2.65. The number of halogens is 1. The molecule has 0 spiro atoms. The van der Waals surface area contributed by atoms with Crippen molar-refractivity contribution in [2.75, 3.05) is 13.2 Å². The maximum absolute atomic E-state index is 12.8. The van der Waals surface area contributed by atoms with Gasteiger partial charge < -0.3 is 14.8 Å². The lowest BCUT2D eigenvalue weighted by molar-refractivity contribution is -0.121. The number of rotatable bonds is 6. The predicted molar refractivity (Wildman–Crippen MR) is 91.6 cm³/mol. The van der Waals surface area contributed by atoms with Gasteiger partial charge in [0.1, 0.15) is 18.5 Å². The molecule has 1 aliphatic rings. The van der Waals surface area contributed by atoms with Crippen molar-refractivity contribution >= 4 is 27.3 Å². The van der Waals surface area contributed by atoms with Gasteiger partial charge in [0, 0.05) is 18.2 Å². The fourth-order valence-electron chi connectivity index (χ4n) is 2.46. The molecular formula is C16H22ClNO5S. The lowest BCUT2D eigenvalue weighted by Gasteiger charge is -2.21. The first-order valence-electron chi connectivity index (χ1n) is 7.90. The Morgan fingerprint density at radius 3 is 2.42 bits per heavy atom. The number of hydrogen-bond acceptors (Lipinski definition) is 5. The van der Waals surface area contributed by atoms with Crippen molar-refractivity contribution in [1.82, 2.24) is 5.32 Å². The van der Waals surface area contributed by atoms with Crippen LogP contribution in [-0.2, 0) is 14.6 Å². The molecule has 0 saturated heterocycles. The van der Waals surface area contributed by atoms with Crippen LogP contribution in [0.3, 0.4) is 0 Å². The predicted octanol–water partition coefficient (Wildman–Crippen LogP) is 2.58. The molecule has 2 rings (SSSR count). The van der Waals surface area contributed by atoms with Crippen LogP contribution in [0.1, 0.15) is 33.6 Å². The van der Waals surface area contributed by atoms with Gasteiger partial charge in [0.15, 0.2) is 21.3 Å². The molecular weight excluding hydrogens is 354 g/mol. The highest BCUT2D eigenvalue weighted by atomic mass is 35.5. The van der Waals surface area contributed by atoms with E-state index in [2.05, 4.69) is 5.32 Å². The van der Waals surface area contributed by atoms with E-state index in [1.54, 1.807) is 0 Å². The van der Waals surface area contributed by atoms with E-state index < -0.39 is 21.0 Å². The SMILES string of the molecule is CCCC(C)NC(=O)C(C)S(=O)(=O)c1cc2c(cc1Cl)OCCO2. The second-order valence-electron chi connectivity index (χ2n) is 5.81. The summed E-state index contributed by atoms with van der Waals surface area (Å²) < 4.78 is 36.3. The van der Waals surface area contributed by atoms with Crippen molar-refractivity contribution in [2.45, 2.75) is 49.8 Å². The fourth-order valence-corrected chi connectivity index (χ4v) is 4.27. The van der Waals surface area contributed by atoms with Gasteiger partial charge >= 0.3 is 0 Å². The maximum Gasteiger partial charge on any atom is 0.238 e. The summed E-state index contributed by atoms with van der Waals surface area (Å²) in [5.74, 6) is 0.178. The summed E-state index contributed by atoms with van der Waals surface area (Å²) in [6.45, 7) is 5.91. The Hall–Kier alpha value is -1.47. The van der Waals surface area contributed by atoms with Gasteiger partial charge in [-0.25, -0.2) is 8.42 Å². The van der Waals surface area contributed by atoms with Gasteiger partial charge in [-0.2, -0.15) is 0 Å². The van der Waals surface area contributed by atoms with Crippen LogP contribution in [0.5, 0.6) is 11.5 Å². The molecule has 1 amide bonds.